The molecule has 0 amide bonds. The molecular weight excluding hydrogens is 793 g/mol. The lowest BCUT2D eigenvalue weighted by Gasteiger charge is -2.47. The van der Waals surface area contributed by atoms with Crippen LogP contribution in [0, 0.1) is 0 Å². The van der Waals surface area contributed by atoms with Gasteiger partial charge >= 0.3 is 0 Å². The zero-order chi connectivity index (χ0) is 42.9. The van der Waals surface area contributed by atoms with E-state index in [4.69, 9.17) is 8.83 Å². The average Bonchev–Trinajstić information content (AvgIpc) is 4.06. The molecule has 0 unspecified atom stereocenters. The number of anilines is 4. The van der Waals surface area contributed by atoms with Gasteiger partial charge in [-0.3, -0.25) is 0 Å². The van der Waals surface area contributed by atoms with Gasteiger partial charge in [0.25, 0.3) is 0 Å². The van der Waals surface area contributed by atoms with Gasteiger partial charge in [-0.1, -0.05) is 182 Å². The Morgan fingerprint density at radius 1 is 0.292 bits per heavy atom. The molecule has 4 heteroatoms. The Kier molecular flexibility index (Phi) is 8.40. The number of hydrogen-bond acceptors (Lipinski definition) is 4. The molecule has 0 bridgehead atoms. The number of fused-ring (bicyclic) bond motifs is 7. The Bertz CT molecular complexity index is 3540. The van der Waals surface area contributed by atoms with E-state index in [9.17, 15) is 0 Å². The van der Waals surface area contributed by atoms with Gasteiger partial charge in [0.05, 0.1) is 11.4 Å². The molecule has 0 N–H and O–H groups in total. The normalized spacial score (nSPS) is 13.3. The third kappa shape index (κ3) is 5.64. The summed E-state index contributed by atoms with van der Waals surface area (Å²) in [4.78, 5) is 5.12. The van der Waals surface area contributed by atoms with E-state index in [0.29, 0.717) is 0 Å². The molecule has 65 heavy (non-hydrogen) atoms. The SMILES string of the molecule is c1ccc(-c2ccccc2C2(c3ccccc3)N(c3ccc(-c4cccc5oc6ccccc6c45)cc3)c3ccccc3N2c2ccc(-c3cccc4oc5ccccc5c34)cc2)cc1. The number of hydrogen-bond donors (Lipinski definition) is 0. The average molecular weight is 833 g/mol. The van der Waals surface area contributed by atoms with Crippen LogP contribution in [0.25, 0.3) is 77.3 Å². The van der Waals surface area contributed by atoms with Crippen molar-refractivity contribution in [2.75, 3.05) is 9.80 Å². The molecule has 0 aliphatic carbocycles. The maximum absolute atomic E-state index is 6.33. The summed E-state index contributed by atoms with van der Waals surface area (Å²) in [7, 11) is 0. The van der Waals surface area contributed by atoms with E-state index in [0.717, 1.165) is 111 Å². The number of para-hydroxylation sites is 4. The van der Waals surface area contributed by atoms with E-state index in [1.807, 2.05) is 24.3 Å². The van der Waals surface area contributed by atoms with Crippen LogP contribution in [0.2, 0.25) is 0 Å². The molecule has 0 saturated heterocycles. The molecule has 0 fully saturated rings. The Morgan fingerprint density at radius 3 is 1.23 bits per heavy atom. The van der Waals surface area contributed by atoms with Crippen LogP contribution in [-0.4, -0.2) is 0 Å². The first-order valence-corrected chi connectivity index (χ1v) is 22.2. The van der Waals surface area contributed by atoms with Crippen molar-refractivity contribution in [3.8, 4) is 33.4 Å². The van der Waals surface area contributed by atoms with Crippen LogP contribution in [0.4, 0.5) is 22.7 Å². The molecule has 12 aromatic rings. The minimum Gasteiger partial charge on any atom is -0.456 e. The predicted molar refractivity (Wildman–Crippen MR) is 268 cm³/mol. The van der Waals surface area contributed by atoms with Crippen molar-refractivity contribution in [1.82, 2.24) is 0 Å². The lowest BCUT2D eigenvalue weighted by molar-refractivity contribution is 0.561. The van der Waals surface area contributed by atoms with Crippen LogP contribution >= 0.6 is 0 Å². The maximum atomic E-state index is 6.33. The number of rotatable bonds is 7. The molecule has 1 aliphatic heterocycles. The van der Waals surface area contributed by atoms with Gasteiger partial charge in [-0.15, -0.1) is 0 Å². The minimum absolute atomic E-state index is 0.887. The highest BCUT2D eigenvalue weighted by Gasteiger charge is 2.54. The third-order valence-electron chi connectivity index (χ3n) is 13.3. The van der Waals surface area contributed by atoms with Crippen LogP contribution in [0.3, 0.4) is 0 Å². The van der Waals surface area contributed by atoms with Gasteiger partial charge in [0.1, 0.15) is 22.3 Å². The van der Waals surface area contributed by atoms with Crippen LogP contribution in [-0.2, 0) is 5.66 Å². The van der Waals surface area contributed by atoms with Crippen molar-refractivity contribution in [3.63, 3.8) is 0 Å². The maximum Gasteiger partial charge on any atom is 0.175 e. The molecule has 0 saturated carbocycles. The van der Waals surface area contributed by atoms with Gasteiger partial charge in [-0.25, -0.2) is 0 Å². The number of nitrogens with zero attached hydrogens (tertiary/aromatic N) is 2. The summed E-state index contributed by atoms with van der Waals surface area (Å²) in [5.41, 5.74) is 16.1. The fourth-order valence-corrected chi connectivity index (χ4v) is 10.5. The van der Waals surface area contributed by atoms with E-state index in [-0.39, 0.29) is 0 Å². The van der Waals surface area contributed by atoms with Crippen molar-refractivity contribution in [3.05, 3.63) is 254 Å². The first-order chi connectivity index (χ1) is 32.3. The Labute approximate surface area is 376 Å². The fraction of sp³-hybridized carbons (Fsp3) is 0.0164. The fourth-order valence-electron chi connectivity index (χ4n) is 10.5. The molecule has 13 rings (SSSR count). The zero-order valence-corrected chi connectivity index (χ0v) is 35.3. The Morgan fingerprint density at radius 2 is 0.692 bits per heavy atom. The summed E-state index contributed by atoms with van der Waals surface area (Å²) in [6, 6.07) is 87.2. The third-order valence-corrected chi connectivity index (χ3v) is 13.3. The molecule has 3 heterocycles. The van der Waals surface area contributed by atoms with Crippen molar-refractivity contribution >= 4 is 66.6 Å². The van der Waals surface area contributed by atoms with E-state index in [1.165, 1.54) is 0 Å². The lowest BCUT2D eigenvalue weighted by atomic mass is 9.83. The molecule has 2 aromatic heterocycles. The second kappa shape index (κ2) is 14.8. The molecular formula is C61H40N2O2. The molecule has 4 nitrogen and oxygen atoms in total. The first-order valence-electron chi connectivity index (χ1n) is 22.2. The quantitative estimate of drug-likeness (QED) is 0.160. The van der Waals surface area contributed by atoms with Crippen molar-refractivity contribution in [2.45, 2.75) is 5.66 Å². The molecule has 0 atom stereocenters. The smallest absolute Gasteiger partial charge is 0.175 e. The highest BCUT2D eigenvalue weighted by Crippen LogP contribution is 2.61. The number of benzene rings is 10. The zero-order valence-electron chi connectivity index (χ0n) is 35.3. The summed E-state index contributed by atoms with van der Waals surface area (Å²) in [6.45, 7) is 0. The second-order valence-corrected chi connectivity index (χ2v) is 16.8. The minimum atomic E-state index is -0.901. The molecule has 0 radical (unpaired) electrons. The summed E-state index contributed by atoms with van der Waals surface area (Å²) in [5.74, 6) is 0. The van der Waals surface area contributed by atoms with Gasteiger partial charge in [0.15, 0.2) is 5.66 Å². The van der Waals surface area contributed by atoms with Crippen LogP contribution in [0.5, 0.6) is 0 Å². The van der Waals surface area contributed by atoms with Gasteiger partial charge < -0.3 is 18.6 Å². The highest BCUT2D eigenvalue weighted by molar-refractivity contribution is 6.13. The lowest BCUT2D eigenvalue weighted by Crippen LogP contribution is -2.52. The van der Waals surface area contributed by atoms with Gasteiger partial charge in [-0.05, 0) is 94.0 Å². The van der Waals surface area contributed by atoms with Gasteiger partial charge in [-0.2, -0.15) is 0 Å². The monoisotopic (exact) mass is 832 g/mol. The summed E-state index contributed by atoms with van der Waals surface area (Å²) in [5, 5.41) is 4.50. The number of furan rings is 2. The van der Waals surface area contributed by atoms with Crippen molar-refractivity contribution in [1.29, 1.82) is 0 Å². The van der Waals surface area contributed by atoms with Gasteiger partial charge in [0, 0.05) is 44.0 Å². The van der Waals surface area contributed by atoms with Crippen molar-refractivity contribution in [2.24, 2.45) is 0 Å². The van der Waals surface area contributed by atoms with Gasteiger partial charge in [0.2, 0.25) is 0 Å². The van der Waals surface area contributed by atoms with Crippen molar-refractivity contribution < 1.29 is 8.83 Å². The van der Waals surface area contributed by atoms with E-state index >= 15 is 0 Å². The predicted octanol–water partition coefficient (Wildman–Crippen LogP) is 16.7. The molecule has 306 valence electrons. The molecule has 1 aliphatic rings. The largest absolute Gasteiger partial charge is 0.456 e. The molecule has 10 aromatic carbocycles. The summed E-state index contributed by atoms with van der Waals surface area (Å²) < 4.78 is 12.7. The van der Waals surface area contributed by atoms with Crippen LogP contribution < -0.4 is 9.80 Å². The Balaban J connectivity index is 1.05. The summed E-state index contributed by atoms with van der Waals surface area (Å²) in [6.07, 6.45) is 0. The van der Waals surface area contributed by atoms with E-state index < -0.39 is 5.66 Å². The first kappa shape index (κ1) is 37.0. The van der Waals surface area contributed by atoms with E-state index in [1.54, 1.807) is 0 Å². The van der Waals surface area contributed by atoms with Crippen LogP contribution in [0.15, 0.2) is 251 Å². The van der Waals surface area contributed by atoms with Crippen LogP contribution in [0.1, 0.15) is 11.1 Å². The second-order valence-electron chi connectivity index (χ2n) is 16.8. The van der Waals surface area contributed by atoms with E-state index in [2.05, 4.69) is 228 Å². The summed E-state index contributed by atoms with van der Waals surface area (Å²) >= 11 is 0. The Hall–Kier alpha value is -8.60. The topological polar surface area (TPSA) is 32.8 Å². The highest BCUT2D eigenvalue weighted by atomic mass is 16.3. The molecule has 0 spiro atoms. The standard InChI is InChI=1S/C61H40N2O2/c1-3-17-41(18-4-1)47-21-7-10-26-52(47)61(44-19-5-2-6-20-44)62(45-37-33-42(34-38-45)48-24-15-31-57-59(48)50-22-8-13-29-55(50)64-57)53-27-11-12-28-54(53)63(61)46-39-35-43(36-40-46)49-25-16-32-58-60(49)51-23-9-14-30-56(51)65-58/h1-40H.